The molecule has 0 fully saturated rings. The lowest BCUT2D eigenvalue weighted by Crippen LogP contribution is -2.53. The number of hydrogen-bond acceptors (Lipinski definition) is 8. The largest absolute Gasteiger partial charge is 0.468 e. The number of carbonyl (C=O) groups excluding carboxylic acids is 4. The van der Waals surface area contributed by atoms with E-state index < -0.39 is 47.8 Å². The topological polar surface area (TPSA) is 128 Å². The number of carbonyl (C=O) groups is 4. The molecule has 0 aromatic rings. The zero-order valence-electron chi connectivity index (χ0n) is 15.4. The third-order valence-corrected chi connectivity index (χ3v) is 3.71. The maximum Gasteiger partial charge on any atom is 0.328 e. The molecular formula is C16H27NO8. The summed E-state index contributed by atoms with van der Waals surface area (Å²) in [5.74, 6) is -5.91. The van der Waals surface area contributed by atoms with Gasteiger partial charge in [-0.3, -0.25) is 14.4 Å². The summed E-state index contributed by atoms with van der Waals surface area (Å²) >= 11 is 0. The van der Waals surface area contributed by atoms with E-state index in [0.717, 1.165) is 21.3 Å². The molecule has 9 heteroatoms. The van der Waals surface area contributed by atoms with Crippen LogP contribution in [-0.4, -0.2) is 62.4 Å². The number of amides is 1. The molecule has 144 valence electrons. The summed E-state index contributed by atoms with van der Waals surface area (Å²) in [6.07, 6.45) is -1.15. The molecule has 2 N–H and O–H groups in total. The fourth-order valence-electron chi connectivity index (χ4n) is 2.31. The van der Waals surface area contributed by atoms with Crippen molar-refractivity contribution < 1.29 is 38.5 Å². The van der Waals surface area contributed by atoms with Gasteiger partial charge in [0.05, 0.1) is 21.3 Å². The average Bonchev–Trinajstić information content (AvgIpc) is 2.57. The van der Waals surface area contributed by atoms with Gasteiger partial charge < -0.3 is 24.6 Å². The van der Waals surface area contributed by atoms with Gasteiger partial charge in [0.1, 0.15) is 12.1 Å². The predicted octanol–water partition coefficient (Wildman–Crippen LogP) is -0.350. The van der Waals surface area contributed by atoms with Crippen molar-refractivity contribution in [3.8, 4) is 0 Å². The first-order valence-electron chi connectivity index (χ1n) is 7.82. The minimum atomic E-state index is -1.44. The third kappa shape index (κ3) is 6.69. The Morgan fingerprint density at radius 2 is 1.32 bits per heavy atom. The lowest BCUT2D eigenvalue weighted by Gasteiger charge is -2.27. The van der Waals surface area contributed by atoms with E-state index in [4.69, 9.17) is 0 Å². The Morgan fingerprint density at radius 1 is 0.880 bits per heavy atom. The van der Waals surface area contributed by atoms with E-state index in [1.165, 1.54) is 6.92 Å². The Bertz CT molecular complexity index is 475. The second-order valence-corrected chi connectivity index (χ2v) is 6.04. The van der Waals surface area contributed by atoms with E-state index in [9.17, 15) is 24.3 Å². The van der Waals surface area contributed by atoms with Crippen LogP contribution in [0.4, 0.5) is 0 Å². The van der Waals surface area contributed by atoms with Crippen molar-refractivity contribution in [2.24, 2.45) is 17.8 Å². The number of methoxy groups -OCH3 is 3. The van der Waals surface area contributed by atoms with Crippen molar-refractivity contribution in [3.05, 3.63) is 0 Å². The molecule has 9 nitrogen and oxygen atoms in total. The van der Waals surface area contributed by atoms with Crippen molar-refractivity contribution in [1.29, 1.82) is 0 Å². The molecular weight excluding hydrogens is 334 g/mol. The van der Waals surface area contributed by atoms with Crippen molar-refractivity contribution in [3.63, 3.8) is 0 Å². The van der Waals surface area contributed by atoms with Gasteiger partial charge in [0.2, 0.25) is 5.91 Å². The molecule has 0 aliphatic carbocycles. The van der Waals surface area contributed by atoms with Crippen LogP contribution in [0.1, 0.15) is 27.2 Å². The maximum atomic E-state index is 12.1. The molecule has 3 atom stereocenters. The standard InChI is InChI=1S/C16H27NO8/c1-8(2)7-10(18)13(19)17-12(16(22)25-6)9(3)11(14(20)23-4)15(21)24-5/h8-12,18H,7H2,1-6H3,(H,17,19)/t9-,10+,12+/m1/s1. The van der Waals surface area contributed by atoms with E-state index in [1.807, 2.05) is 13.8 Å². The summed E-state index contributed by atoms with van der Waals surface area (Å²) in [4.78, 5) is 47.9. The van der Waals surface area contributed by atoms with Crippen molar-refractivity contribution >= 4 is 23.8 Å². The van der Waals surface area contributed by atoms with Gasteiger partial charge in [-0.1, -0.05) is 20.8 Å². The monoisotopic (exact) mass is 361 g/mol. The minimum absolute atomic E-state index is 0.0487. The van der Waals surface area contributed by atoms with E-state index in [-0.39, 0.29) is 12.3 Å². The van der Waals surface area contributed by atoms with Crippen LogP contribution in [0.15, 0.2) is 0 Å². The van der Waals surface area contributed by atoms with Crippen LogP contribution < -0.4 is 5.32 Å². The van der Waals surface area contributed by atoms with Gasteiger partial charge in [-0.2, -0.15) is 0 Å². The van der Waals surface area contributed by atoms with E-state index in [2.05, 4.69) is 19.5 Å². The fourth-order valence-corrected chi connectivity index (χ4v) is 2.31. The molecule has 0 saturated heterocycles. The molecule has 0 spiro atoms. The lowest BCUT2D eigenvalue weighted by atomic mass is 9.87. The summed E-state index contributed by atoms with van der Waals surface area (Å²) in [5, 5.41) is 12.2. The number of hydrogen-bond donors (Lipinski definition) is 2. The molecule has 0 aromatic carbocycles. The number of ether oxygens (including phenoxy) is 3. The number of rotatable bonds is 9. The van der Waals surface area contributed by atoms with Gasteiger partial charge >= 0.3 is 17.9 Å². The first-order valence-corrected chi connectivity index (χ1v) is 7.82. The summed E-state index contributed by atoms with van der Waals surface area (Å²) in [5.41, 5.74) is 0. The molecule has 0 saturated carbocycles. The normalized spacial score (nSPS) is 14.4. The Hall–Kier alpha value is -2.16. The quantitative estimate of drug-likeness (QED) is 0.324. The van der Waals surface area contributed by atoms with Crippen LogP contribution in [0.25, 0.3) is 0 Å². The summed E-state index contributed by atoms with van der Waals surface area (Å²) in [7, 11) is 3.27. The van der Waals surface area contributed by atoms with Gasteiger partial charge in [-0.15, -0.1) is 0 Å². The lowest BCUT2D eigenvalue weighted by molar-refractivity contribution is -0.163. The first kappa shape index (κ1) is 22.8. The van der Waals surface area contributed by atoms with Crippen LogP contribution in [0.3, 0.4) is 0 Å². The molecule has 25 heavy (non-hydrogen) atoms. The Kier molecular flexibility index (Phi) is 9.73. The summed E-state index contributed by atoms with van der Waals surface area (Å²) < 4.78 is 13.8. The molecule has 0 aromatic heterocycles. The van der Waals surface area contributed by atoms with Crippen LogP contribution >= 0.6 is 0 Å². The van der Waals surface area contributed by atoms with E-state index >= 15 is 0 Å². The number of aliphatic hydroxyl groups is 1. The zero-order valence-corrected chi connectivity index (χ0v) is 15.4. The van der Waals surface area contributed by atoms with Gasteiger partial charge in [-0.05, 0) is 12.3 Å². The summed E-state index contributed by atoms with van der Waals surface area (Å²) in [6.45, 7) is 5.04. The summed E-state index contributed by atoms with van der Waals surface area (Å²) in [6, 6.07) is -1.34. The molecule has 1 amide bonds. The highest BCUT2D eigenvalue weighted by Crippen LogP contribution is 2.21. The molecule has 0 heterocycles. The molecule has 0 bridgehead atoms. The number of aliphatic hydroxyl groups excluding tert-OH is 1. The highest BCUT2D eigenvalue weighted by Gasteiger charge is 2.42. The average molecular weight is 361 g/mol. The highest BCUT2D eigenvalue weighted by atomic mass is 16.5. The van der Waals surface area contributed by atoms with E-state index in [1.54, 1.807) is 0 Å². The SMILES string of the molecule is COC(=O)C(C(=O)OC)[C@@H](C)[C@H](NC(=O)[C@@H](O)CC(C)C)C(=O)OC. The number of esters is 3. The van der Waals surface area contributed by atoms with E-state index in [0.29, 0.717) is 0 Å². The second kappa shape index (κ2) is 10.7. The predicted molar refractivity (Wildman–Crippen MR) is 86.1 cm³/mol. The molecule has 0 radical (unpaired) electrons. The van der Waals surface area contributed by atoms with Gasteiger partial charge in [-0.25, -0.2) is 4.79 Å². The minimum Gasteiger partial charge on any atom is -0.468 e. The van der Waals surface area contributed by atoms with Gasteiger partial charge in [0.25, 0.3) is 0 Å². The highest BCUT2D eigenvalue weighted by molar-refractivity contribution is 5.96. The van der Waals surface area contributed by atoms with Crippen LogP contribution in [-0.2, 0) is 33.4 Å². The Labute approximate surface area is 147 Å². The molecule has 0 aliphatic rings. The van der Waals surface area contributed by atoms with Crippen LogP contribution in [0.5, 0.6) is 0 Å². The third-order valence-electron chi connectivity index (χ3n) is 3.71. The van der Waals surface area contributed by atoms with Gasteiger partial charge in [0.15, 0.2) is 5.92 Å². The Balaban J connectivity index is 5.48. The van der Waals surface area contributed by atoms with Crippen molar-refractivity contribution in [1.82, 2.24) is 5.32 Å². The molecule has 0 aliphatic heterocycles. The van der Waals surface area contributed by atoms with Gasteiger partial charge in [0, 0.05) is 5.92 Å². The zero-order chi connectivity index (χ0) is 19.7. The Morgan fingerprint density at radius 3 is 1.68 bits per heavy atom. The van der Waals surface area contributed by atoms with Crippen molar-refractivity contribution in [2.75, 3.05) is 21.3 Å². The maximum absolute atomic E-state index is 12.1. The molecule has 0 unspecified atom stereocenters. The van der Waals surface area contributed by atoms with Crippen LogP contribution in [0, 0.1) is 17.8 Å². The van der Waals surface area contributed by atoms with Crippen molar-refractivity contribution in [2.45, 2.75) is 39.3 Å². The smallest absolute Gasteiger partial charge is 0.328 e. The fraction of sp³-hybridized carbons (Fsp3) is 0.750. The van der Waals surface area contributed by atoms with Crippen LogP contribution in [0.2, 0.25) is 0 Å². The first-order chi connectivity index (χ1) is 11.6. The number of nitrogens with one attached hydrogen (secondary N) is 1. The second-order valence-electron chi connectivity index (χ2n) is 6.04. The molecule has 0 rings (SSSR count).